The summed E-state index contributed by atoms with van der Waals surface area (Å²) >= 11 is 0. The second-order valence-electron chi connectivity index (χ2n) is 5.28. The van der Waals surface area contributed by atoms with Crippen molar-refractivity contribution in [3.8, 4) is 0 Å². The molecule has 1 aliphatic carbocycles. The molecule has 0 aromatic heterocycles. The molecule has 72 valence electrons. The SMILES string of the molecule is CCC1(C)C(C)C(C)C1C(C)C. The molecule has 0 radical (unpaired) electrons. The average molecular weight is 168 g/mol. The van der Waals surface area contributed by atoms with E-state index in [1.165, 1.54) is 6.42 Å². The van der Waals surface area contributed by atoms with E-state index in [-0.39, 0.29) is 0 Å². The first-order valence-corrected chi connectivity index (χ1v) is 5.45. The van der Waals surface area contributed by atoms with Gasteiger partial charge in [0.25, 0.3) is 0 Å². The molecule has 0 amide bonds. The maximum Gasteiger partial charge on any atom is -0.0267 e. The minimum Gasteiger partial charge on any atom is -0.0648 e. The zero-order chi connectivity index (χ0) is 9.52. The fraction of sp³-hybridized carbons (Fsp3) is 1.00. The lowest BCUT2D eigenvalue weighted by molar-refractivity contribution is -0.119. The highest BCUT2D eigenvalue weighted by atomic mass is 14.6. The third-order valence-corrected chi connectivity index (χ3v) is 4.64. The Hall–Kier alpha value is 0. The first-order valence-electron chi connectivity index (χ1n) is 5.45. The first kappa shape index (κ1) is 10.1. The van der Waals surface area contributed by atoms with Crippen LogP contribution in [0.15, 0.2) is 0 Å². The summed E-state index contributed by atoms with van der Waals surface area (Å²) in [6.45, 7) is 14.4. The van der Waals surface area contributed by atoms with E-state index < -0.39 is 0 Å². The van der Waals surface area contributed by atoms with Gasteiger partial charge in [0, 0.05) is 0 Å². The fourth-order valence-electron chi connectivity index (χ4n) is 3.62. The summed E-state index contributed by atoms with van der Waals surface area (Å²) in [5.41, 5.74) is 0.633. The number of rotatable bonds is 2. The third kappa shape index (κ3) is 1.11. The van der Waals surface area contributed by atoms with E-state index in [0.717, 1.165) is 23.7 Å². The molecule has 0 saturated heterocycles. The minimum atomic E-state index is 0.633. The lowest BCUT2D eigenvalue weighted by Crippen LogP contribution is -2.54. The highest BCUT2D eigenvalue weighted by Gasteiger charge is 2.53. The Morgan fingerprint density at radius 3 is 2.00 bits per heavy atom. The molecule has 1 saturated carbocycles. The van der Waals surface area contributed by atoms with Crippen LogP contribution in [0, 0.1) is 29.1 Å². The van der Waals surface area contributed by atoms with E-state index in [4.69, 9.17) is 0 Å². The summed E-state index contributed by atoms with van der Waals surface area (Å²) < 4.78 is 0. The molecule has 4 atom stereocenters. The Balaban J connectivity index is 2.74. The van der Waals surface area contributed by atoms with Crippen LogP contribution in [-0.4, -0.2) is 0 Å². The van der Waals surface area contributed by atoms with Gasteiger partial charge >= 0.3 is 0 Å². The van der Waals surface area contributed by atoms with Gasteiger partial charge in [0.1, 0.15) is 0 Å². The van der Waals surface area contributed by atoms with Gasteiger partial charge in [-0.15, -0.1) is 0 Å². The standard InChI is InChI=1S/C12H24/c1-7-12(6)10(5)9(4)11(12)8(2)3/h8-11H,7H2,1-6H3. The Morgan fingerprint density at radius 1 is 1.25 bits per heavy atom. The van der Waals surface area contributed by atoms with E-state index >= 15 is 0 Å². The van der Waals surface area contributed by atoms with Gasteiger partial charge in [-0.25, -0.2) is 0 Å². The Kier molecular flexibility index (Phi) is 2.56. The summed E-state index contributed by atoms with van der Waals surface area (Å²) in [5, 5.41) is 0. The van der Waals surface area contributed by atoms with Crippen LogP contribution < -0.4 is 0 Å². The Bertz CT molecular complexity index is 159. The van der Waals surface area contributed by atoms with E-state index in [2.05, 4.69) is 41.5 Å². The normalized spacial score (nSPS) is 47.8. The zero-order valence-electron chi connectivity index (χ0n) is 9.52. The highest BCUT2D eigenvalue weighted by molar-refractivity contribution is 5.02. The lowest BCUT2D eigenvalue weighted by Gasteiger charge is -2.60. The molecule has 0 aromatic rings. The van der Waals surface area contributed by atoms with Crippen LogP contribution in [0.25, 0.3) is 0 Å². The molecule has 0 heteroatoms. The lowest BCUT2D eigenvalue weighted by atomic mass is 9.45. The molecular weight excluding hydrogens is 144 g/mol. The van der Waals surface area contributed by atoms with E-state index in [1.807, 2.05) is 0 Å². The van der Waals surface area contributed by atoms with Crippen molar-refractivity contribution in [1.82, 2.24) is 0 Å². The van der Waals surface area contributed by atoms with Crippen molar-refractivity contribution in [1.29, 1.82) is 0 Å². The molecule has 4 unspecified atom stereocenters. The van der Waals surface area contributed by atoms with Gasteiger partial charge in [-0.3, -0.25) is 0 Å². The predicted octanol–water partition coefficient (Wildman–Crippen LogP) is 3.96. The van der Waals surface area contributed by atoms with Crippen LogP contribution in [0.3, 0.4) is 0 Å². The topological polar surface area (TPSA) is 0 Å². The Morgan fingerprint density at radius 2 is 1.75 bits per heavy atom. The van der Waals surface area contributed by atoms with Gasteiger partial charge < -0.3 is 0 Å². The summed E-state index contributed by atoms with van der Waals surface area (Å²) in [5.74, 6) is 3.68. The summed E-state index contributed by atoms with van der Waals surface area (Å²) in [7, 11) is 0. The van der Waals surface area contributed by atoms with Gasteiger partial charge in [-0.05, 0) is 29.1 Å². The molecule has 0 aromatic carbocycles. The second kappa shape index (κ2) is 3.05. The van der Waals surface area contributed by atoms with Gasteiger partial charge in [0.15, 0.2) is 0 Å². The van der Waals surface area contributed by atoms with Crippen LogP contribution >= 0.6 is 0 Å². The molecule has 0 bridgehead atoms. The van der Waals surface area contributed by atoms with Gasteiger partial charge in [-0.2, -0.15) is 0 Å². The van der Waals surface area contributed by atoms with Crippen LogP contribution in [0.5, 0.6) is 0 Å². The first-order chi connectivity index (χ1) is 5.45. The quantitative estimate of drug-likeness (QED) is 0.585. The number of hydrogen-bond donors (Lipinski definition) is 0. The van der Waals surface area contributed by atoms with Crippen LogP contribution in [-0.2, 0) is 0 Å². The molecular formula is C12H24. The van der Waals surface area contributed by atoms with Crippen molar-refractivity contribution in [2.75, 3.05) is 0 Å². The predicted molar refractivity (Wildman–Crippen MR) is 55.1 cm³/mol. The van der Waals surface area contributed by atoms with Gasteiger partial charge in [0.05, 0.1) is 0 Å². The van der Waals surface area contributed by atoms with Crippen molar-refractivity contribution in [3.05, 3.63) is 0 Å². The summed E-state index contributed by atoms with van der Waals surface area (Å²) in [4.78, 5) is 0. The largest absolute Gasteiger partial charge is 0.0648 e. The molecule has 0 heterocycles. The molecule has 1 aliphatic rings. The minimum absolute atomic E-state index is 0.633. The van der Waals surface area contributed by atoms with E-state index in [9.17, 15) is 0 Å². The number of hydrogen-bond acceptors (Lipinski definition) is 0. The maximum absolute atomic E-state index is 2.47. The average Bonchev–Trinajstić information content (AvgIpc) is 2.02. The molecule has 0 N–H and O–H groups in total. The van der Waals surface area contributed by atoms with Crippen LogP contribution in [0.1, 0.15) is 48.0 Å². The van der Waals surface area contributed by atoms with Gasteiger partial charge in [0.2, 0.25) is 0 Å². The third-order valence-electron chi connectivity index (χ3n) is 4.64. The zero-order valence-corrected chi connectivity index (χ0v) is 9.52. The van der Waals surface area contributed by atoms with Crippen LogP contribution in [0.4, 0.5) is 0 Å². The molecule has 0 spiro atoms. The monoisotopic (exact) mass is 168 g/mol. The second-order valence-corrected chi connectivity index (χ2v) is 5.28. The van der Waals surface area contributed by atoms with Crippen molar-refractivity contribution in [2.24, 2.45) is 29.1 Å². The summed E-state index contributed by atoms with van der Waals surface area (Å²) in [6, 6.07) is 0. The Labute approximate surface area is 77.7 Å². The van der Waals surface area contributed by atoms with Crippen molar-refractivity contribution in [3.63, 3.8) is 0 Å². The van der Waals surface area contributed by atoms with E-state index in [1.54, 1.807) is 0 Å². The summed E-state index contributed by atoms with van der Waals surface area (Å²) in [6.07, 6.45) is 1.35. The molecule has 1 fully saturated rings. The van der Waals surface area contributed by atoms with Crippen molar-refractivity contribution < 1.29 is 0 Å². The maximum atomic E-state index is 2.47. The van der Waals surface area contributed by atoms with Crippen molar-refractivity contribution in [2.45, 2.75) is 48.0 Å². The smallest absolute Gasteiger partial charge is 0.0267 e. The molecule has 0 aliphatic heterocycles. The van der Waals surface area contributed by atoms with Crippen LogP contribution in [0.2, 0.25) is 0 Å². The highest BCUT2D eigenvalue weighted by Crippen LogP contribution is 2.60. The van der Waals surface area contributed by atoms with Gasteiger partial charge in [-0.1, -0.05) is 48.0 Å². The van der Waals surface area contributed by atoms with E-state index in [0.29, 0.717) is 5.41 Å². The molecule has 0 nitrogen and oxygen atoms in total. The molecule has 1 rings (SSSR count). The van der Waals surface area contributed by atoms with Crippen molar-refractivity contribution >= 4 is 0 Å². The fourth-order valence-corrected chi connectivity index (χ4v) is 3.62. The molecule has 12 heavy (non-hydrogen) atoms.